The van der Waals surface area contributed by atoms with Crippen molar-refractivity contribution in [3.63, 3.8) is 0 Å². The summed E-state index contributed by atoms with van der Waals surface area (Å²) in [4.78, 5) is 11.2. The fourth-order valence-corrected chi connectivity index (χ4v) is 1.95. The van der Waals surface area contributed by atoms with Crippen LogP contribution in [0.1, 0.15) is 12.5 Å². The fraction of sp³-hybridized carbons (Fsp3) is 0.222. The number of nitrogens with one attached hydrogen (secondary N) is 1. The van der Waals surface area contributed by atoms with E-state index in [9.17, 15) is 4.79 Å². The van der Waals surface area contributed by atoms with Crippen molar-refractivity contribution in [1.82, 2.24) is 5.43 Å². The average Bonchev–Trinajstić information content (AvgIpc) is 2.48. The van der Waals surface area contributed by atoms with E-state index in [1.165, 1.54) is 0 Å². The molecule has 4 heteroatoms. The number of carbonyl (C=O) groups is 1. The molecule has 0 radical (unpaired) electrons. The number of anilines is 1. The van der Waals surface area contributed by atoms with Gasteiger partial charge in [-0.05, 0) is 12.1 Å². The highest BCUT2D eigenvalue weighted by molar-refractivity contribution is 9.10. The molecule has 0 bridgehead atoms. The maximum absolute atomic E-state index is 11.2. The molecule has 0 atom stereocenters. The van der Waals surface area contributed by atoms with Crippen molar-refractivity contribution in [2.75, 3.05) is 5.01 Å². The van der Waals surface area contributed by atoms with Gasteiger partial charge in [-0.2, -0.15) is 0 Å². The van der Waals surface area contributed by atoms with Crippen LogP contribution in [-0.2, 0) is 11.3 Å². The largest absolute Gasteiger partial charge is 0.273 e. The molecule has 0 aromatic heterocycles. The zero-order chi connectivity index (χ0) is 9.42. The zero-order valence-electron chi connectivity index (χ0n) is 7.17. The summed E-state index contributed by atoms with van der Waals surface area (Å²) in [6.45, 7) is 2.25. The lowest BCUT2D eigenvalue weighted by Gasteiger charge is -2.13. The minimum Gasteiger partial charge on any atom is -0.273 e. The van der Waals surface area contributed by atoms with Crippen LogP contribution in [0.4, 0.5) is 5.69 Å². The Kier molecular flexibility index (Phi) is 2.09. The van der Waals surface area contributed by atoms with Gasteiger partial charge in [-0.3, -0.25) is 4.79 Å². The van der Waals surface area contributed by atoms with Gasteiger partial charge in [0.2, 0.25) is 5.91 Å². The number of hydrazine groups is 1. The summed E-state index contributed by atoms with van der Waals surface area (Å²) >= 11 is 3.45. The Morgan fingerprint density at radius 1 is 1.62 bits per heavy atom. The SMILES string of the molecule is CC(=O)N1NCc2c(Br)cccc21. The van der Waals surface area contributed by atoms with Crippen LogP contribution < -0.4 is 10.4 Å². The normalized spacial score (nSPS) is 14.5. The molecule has 1 amide bonds. The molecule has 1 heterocycles. The molecule has 68 valence electrons. The fourth-order valence-electron chi connectivity index (χ4n) is 1.46. The van der Waals surface area contributed by atoms with Crippen LogP contribution in [-0.4, -0.2) is 5.91 Å². The van der Waals surface area contributed by atoms with Gasteiger partial charge in [0.1, 0.15) is 0 Å². The first kappa shape index (κ1) is 8.72. The third-order valence-electron chi connectivity index (χ3n) is 2.06. The molecule has 1 aliphatic rings. The van der Waals surface area contributed by atoms with E-state index in [1.807, 2.05) is 18.2 Å². The monoisotopic (exact) mass is 240 g/mol. The second kappa shape index (κ2) is 3.12. The first-order valence-corrected chi connectivity index (χ1v) is 4.81. The summed E-state index contributed by atoms with van der Waals surface area (Å²) in [5.74, 6) is 0.0110. The van der Waals surface area contributed by atoms with E-state index in [4.69, 9.17) is 0 Å². The van der Waals surface area contributed by atoms with Gasteiger partial charge < -0.3 is 0 Å². The Bertz CT molecular complexity index is 365. The smallest absolute Gasteiger partial charge is 0.238 e. The van der Waals surface area contributed by atoms with Crippen LogP contribution in [0.2, 0.25) is 0 Å². The Morgan fingerprint density at radius 3 is 3.08 bits per heavy atom. The van der Waals surface area contributed by atoms with E-state index in [0.717, 1.165) is 15.7 Å². The number of hydrogen-bond donors (Lipinski definition) is 1. The van der Waals surface area contributed by atoms with Gasteiger partial charge in [-0.25, -0.2) is 10.4 Å². The number of fused-ring (bicyclic) bond motifs is 1. The van der Waals surface area contributed by atoms with Gasteiger partial charge in [0.15, 0.2) is 0 Å². The molecule has 0 saturated carbocycles. The third kappa shape index (κ3) is 1.36. The summed E-state index contributed by atoms with van der Waals surface area (Å²) in [6, 6.07) is 5.83. The molecule has 0 saturated heterocycles. The third-order valence-corrected chi connectivity index (χ3v) is 2.81. The number of nitrogens with zero attached hydrogens (tertiary/aromatic N) is 1. The Balaban J connectivity index is 2.49. The molecule has 0 unspecified atom stereocenters. The molecule has 2 rings (SSSR count). The van der Waals surface area contributed by atoms with Crippen molar-refractivity contribution < 1.29 is 4.79 Å². The lowest BCUT2D eigenvalue weighted by Crippen LogP contribution is -2.36. The van der Waals surface area contributed by atoms with E-state index >= 15 is 0 Å². The molecule has 1 aromatic rings. The summed E-state index contributed by atoms with van der Waals surface area (Å²) < 4.78 is 1.04. The van der Waals surface area contributed by atoms with E-state index in [2.05, 4.69) is 21.4 Å². The number of amides is 1. The highest BCUT2D eigenvalue weighted by Gasteiger charge is 2.22. The summed E-state index contributed by atoms with van der Waals surface area (Å²) in [5.41, 5.74) is 5.10. The van der Waals surface area contributed by atoms with Gasteiger partial charge in [0.25, 0.3) is 0 Å². The van der Waals surface area contributed by atoms with Crippen LogP contribution in [0.15, 0.2) is 22.7 Å². The maximum Gasteiger partial charge on any atom is 0.238 e. The molecule has 0 spiro atoms. The molecule has 13 heavy (non-hydrogen) atoms. The van der Waals surface area contributed by atoms with Crippen molar-refractivity contribution in [1.29, 1.82) is 0 Å². The molecule has 3 nitrogen and oxygen atoms in total. The van der Waals surface area contributed by atoms with Gasteiger partial charge in [-0.15, -0.1) is 0 Å². The molecule has 1 aliphatic heterocycles. The van der Waals surface area contributed by atoms with Crippen LogP contribution in [0.3, 0.4) is 0 Å². The minimum atomic E-state index is 0.0110. The van der Waals surface area contributed by atoms with Gasteiger partial charge >= 0.3 is 0 Å². The molecule has 0 fully saturated rings. The molecule has 0 aliphatic carbocycles. The van der Waals surface area contributed by atoms with E-state index in [1.54, 1.807) is 11.9 Å². The van der Waals surface area contributed by atoms with Crippen LogP contribution in [0, 0.1) is 0 Å². The van der Waals surface area contributed by atoms with Crippen molar-refractivity contribution >= 4 is 27.5 Å². The second-order valence-electron chi connectivity index (χ2n) is 2.93. The highest BCUT2D eigenvalue weighted by Crippen LogP contribution is 2.30. The second-order valence-corrected chi connectivity index (χ2v) is 3.78. The summed E-state index contributed by atoms with van der Waals surface area (Å²) in [7, 11) is 0. The Labute approximate surface area is 84.8 Å². The van der Waals surface area contributed by atoms with Crippen molar-refractivity contribution in [2.24, 2.45) is 0 Å². The van der Waals surface area contributed by atoms with Gasteiger partial charge in [0.05, 0.1) is 5.69 Å². The predicted octanol–water partition coefficient (Wildman–Crippen LogP) is 1.82. The lowest BCUT2D eigenvalue weighted by molar-refractivity contribution is -0.117. The summed E-state index contributed by atoms with van der Waals surface area (Å²) in [6.07, 6.45) is 0. The number of carbonyl (C=O) groups excluding carboxylic acids is 1. The molecular weight excluding hydrogens is 232 g/mol. The van der Waals surface area contributed by atoms with Crippen molar-refractivity contribution in [3.8, 4) is 0 Å². The van der Waals surface area contributed by atoms with Gasteiger partial charge in [0, 0.05) is 23.5 Å². The number of benzene rings is 1. The van der Waals surface area contributed by atoms with Crippen LogP contribution >= 0.6 is 15.9 Å². The highest BCUT2D eigenvalue weighted by atomic mass is 79.9. The first-order chi connectivity index (χ1) is 6.20. The van der Waals surface area contributed by atoms with Gasteiger partial charge in [-0.1, -0.05) is 22.0 Å². The number of rotatable bonds is 0. The first-order valence-electron chi connectivity index (χ1n) is 4.02. The molecular formula is C9H9BrN2O. The average molecular weight is 241 g/mol. The zero-order valence-corrected chi connectivity index (χ0v) is 8.76. The maximum atomic E-state index is 11.2. The number of hydrogen-bond acceptors (Lipinski definition) is 2. The molecule has 1 N–H and O–H groups in total. The van der Waals surface area contributed by atoms with E-state index in [0.29, 0.717) is 6.54 Å². The minimum absolute atomic E-state index is 0.0110. The topological polar surface area (TPSA) is 32.3 Å². The van der Waals surface area contributed by atoms with Crippen LogP contribution in [0.25, 0.3) is 0 Å². The van der Waals surface area contributed by atoms with Crippen molar-refractivity contribution in [3.05, 3.63) is 28.2 Å². The quantitative estimate of drug-likeness (QED) is 0.751. The summed E-state index contributed by atoms with van der Waals surface area (Å²) in [5, 5.41) is 1.57. The van der Waals surface area contributed by atoms with Crippen LogP contribution in [0.5, 0.6) is 0 Å². The lowest BCUT2D eigenvalue weighted by atomic mass is 10.2. The Morgan fingerprint density at radius 2 is 2.38 bits per heavy atom. The molecule has 1 aromatic carbocycles. The number of halogens is 1. The Hall–Kier alpha value is -0.870. The van der Waals surface area contributed by atoms with E-state index < -0.39 is 0 Å². The predicted molar refractivity (Wildman–Crippen MR) is 54.1 cm³/mol. The standard InChI is InChI=1S/C9H9BrN2O/c1-6(13)12-9-4-2-3-8(10)7(9)5-11-12/h2-4,11H,5H2,1H3. The van der Waals surface area contributed by atoms with Crippen molar-refractivity contribution in [2.45, 2.75) is 13.5 Å². The van der Waals surface area contributed by atoms with E-state index in [-0.39, 0.29) is 5.91 Å².